The SMILES string of the molecule is COc1ccccc1[C@H](O)CNC(=O)Nc1ccc2nc(C)sc2c1. The highest BCUT2D eigenvalue weighted by Crippen LogP contribution is 2.25. The number of rotatable bonds is 5. The molecule has 3 rings (SSSR count). The fraction of sp³-hybridized carbons (Fsp3) is 0.222. The molecule has 2 amide bonds. The number of aromatic nitrogens is 1. The Morgan fingerprint density at radius 3 is 2.92 bits per heavy atom. The van der Waals surface area contributed by atoms with E-state index in [0.29, 0.717) is 17.0 Å². The number of fused-ring (bicyclic) bond motifs is 1. The quantitative estimate of drug-likeness (QED) is 0.653. The zero-order valence-corrected chi connectivity index (χ0v) is 14.8. The maximum atomic E-state index is 12.1. The Morgan fingerprint density at radius 1 is 1.32 bits per heavy atom. The molecule has 0 aliphatic rings. The lowest BCUT2D eigenvalue weighted by atomic mass is 10.1. The van der Waals surface area contributed by atoms with Gasteiger partial charge in [0.25, 0.3) is 0 Å². The number of carbonyl (C=O) groups excluding carboxylic acids is 1. The summed E-state index contributed by atoms with van der Waals surface area (Å²) in [4.78, 5) is 16.5. The number of benzene rings is 2. The summed E-state index contributed by atoms with van der Waals surface area (Å²) in [6.45, 7) is 2.03. The van der Waals surface area contributed by atoms with Gasteiger partial charge >= 0.3 is 6.03 Å². The summed E-state index contributed by atoms with van der Waals surface area (Å²) in [5, 5.41) is 16.7. The van der Waals surface area contributed by atoms with E-state index in [-0.39, 0.29) is 12.6 Å². The van der Waals surface area contributed by atoms with Crippen LogP contribution in [-0.2, 0) is 0 Å². The van der Waals surface area contributed by atoms with Gasteiger partial charge in [-0.25, -0.2) is 9.78 Å². The van der Waals surface area contributed by atoms with Crippen LogP contribution in [0.15, 0.2) is 42.5 Å². The zero-order valence-electron chi connectivity index (χ0n) is 13.9. The third kappa shape index (κ3) is 4.07. The third-order valence-corrected chi connectivity index (χ3v) is 4.64. The topological polar surface area (TPSA) is 83.5 Å². The predicted octanol–water partition coefficient (Wildman–Crippen LogP) is 3.47. The third-order valence-electron chi connectivity index (χ3n) is 3.71. The normalized spacial score (nSPS) is 12.0. The van der Waals surface area contributed by atoms with Crippen LogP contribution in [0.3, 0.4) is 0 Å². The van der Waals surface area contributed by atoms with Crippen molar-refractivity contribution in [1.29, 1.82) is 0 Å². The number of hydrogen-bond donors (Lipinski definition) is 3. The van der Waals surface area contributed by atoms with Crippen LogP contribution in [0.5, 0.6) is 5.75 Å². The molecule has 3 N–H and O–H groups in total. The molecule has 0 aliphatic carbocycles. The number of aryl methyl sites for hydroxylation is 1. The molecule has 6 nitrogen and oxygen atoms in total. The van der Waals surface area contributed by atoms with Crippen molar-refractivity contribution in [2.24, 2.45) is 0 Å². The van der Waals surface area contributed by atoms with Crippen LogP contribution in [0.1, 0.15) is 16.7 Å². The van der Waals surface area contributed by atoms with Crippen LogP contribution in [0.2, 0.25) is 0 Å². The molecule has 0 bridgehead atoms. The molecule has 7 heteroatoms. The Balaban J connectivity index is 1.60. The van der Waals surface area contributed by atoms with Gasteiger partial charge < -0.3 is 20.5 Å². The smallest absolute Gasteiger partial charge is 0.319 e. The number of anilines is 1. The average molecular weight is 357 g/mol. The second kappa shape index (κ2) is 7.50. The number of amides is 2. The molecule has 1 atom stereocenters. The molecule has 0 saturated heterocycles. The first kappa shape index (κ1) is 17.2. The summed E-state index contributed by atoms with van der Waals surface area (Å²) in [6, 6.07) is 12.4. The summed E-state index contributed by atoms with van der Waals surface area (Å²) in [5.74, 6) is 0.586. The van der Waals surface area contributed by atoms with Gasteiger partial charge in [0, 0.05) is 17.8 Å². The number of thiazole rings is 1. The van der Waals surface area contributed by atoms with Gasteiger partial charge in [-0.15, -0.1) is 11.3 Å². The van der Waals surface area contributed by atoms with Crippen LogP contribution >= 0.6 is 11.3 Å². The molecule has 1 aromatic heterocycles. The van der Waals surface area contributed by atoms with Crippen molar-refractivity contribution in [1.82, 2.24) is 10.3 Å². The number of carbonyl (C=O) groups is 1. The van der Waals surface area contributed by atoms with Crippen molar-refractivity contribution >= 4 is 33.3 Å². The first-order valence-electron chi connectivity index (χ1n) is 7.80. The summed E-state index contributed by atoms with van der Waals surface area (Å²) < 4.78 is 6.24. The van der Waals surface area contributed by atoms with Crippen molar-refractivity contribution in [3.63, 3.8) is 0 Å². The molecule has 2 aromatic carbocycles. The minimum atomic E-state index is -0.853. The molecule has 0 fully saturated rings. The Morgan fingerprint density at radius 2 is 2.12 bits per heavy atom. The summed E-state index contributed by atoms with van der Waals surface area (Å²) in [5.41, 5.74) is 2.23. The van der Waals surface area contributed by atoms with Crippen LogP contribution in [0, 0.1) is 6.92 Å². The summed E-state index contributed by atoms with van der Waals surface area (Å²) in [6.07, 6.45) is -0.853. The van der Waals surface area contributed by atoms with E-state index in [9.17, 15) is 9.90 Å². The van der Waals surface area contributed by atoms with Gasteiger partial charge in [-0.05, 0) is 31.2 Å². The van der Waals surface area contributed by atoms with Gasteiger partial charge in [0.1, 0.15) is 5.75 Å². The lowest BCUT2D eigenvalue weighted by molar-refractivity contribution is 0.171. The maximum Gasteiger partial charge on any atom is 0.319 e. The monoisotopic (exact) mass is 357 g/mol. The predicted molar refractivity (Wildman–Crippen MR) is 99.3 cm³/mol. The minimum absolute atomic E-state index is 0.0775. The molecule has 3 aromatic rings. The summed E-state index contributed by atoms with van der Waals surface area (Å²) in [7, 11) is 1.54. The standard InChI is InChI=1S/C18H19N3O3S/c1-11-20-14-8-7-12(9-17(14)25-11)21-18(23)19-10-15(22)13-5-3-4-6-16(13)24-2/h3-9,15,22H,10H2,1-2H3,(H2,19,21,23)/t15-/m1/s1. The maximum absolute atomic E-state index is 12.1. The molecule has 25 heavy (non-hydrogen) atoms. The number of hydrogen-bond acceptors (Lipinski definition) is 5. The van der Waals surface area contributed by atoms with E-state index < -0.39 is 6.10 Å². The number of nitrogens with one attached hydrogen (secondary N) is 2. The van der Waals surface area contributed by atoms with Crippen molar-refractivity contribution in [3.05, 3.63) is 53.0 Å². The number of aliphatic hydroxyl groups excluding tert-OH is 1. The Hall–Kier alpha value is -2.64. The highest BCUT2D eigenvalue weighted by Gasteiger charge is 2.14. The Bertz CT molecular complexity index is 894. The van der Waals surface area contributed by atoms with E-state index in [4.69, 9.17) is 4.74 Å². The van der Waals surface area contributed by atoms with Gasteiger partial charge in [-0.1, -0.05) is 18.2 Å². The van der Waals surface area contributed by atoms with E-state index in [1.807, 2.05) is 31.2 Å². The molecular weight excluding hydrogens is 338 g/mol. The molecular formula is C18H19N3O3S. The Kier molecular flexibility index (Phi) is 5.16. The van der Waals surface area contributed by atoms with E-state index in [1.54, 1.807) is 36.6 Å². The number of urea groups is 1. The highest BCUT2D eigenvalue weighted by molar-refractivity contribution is 7.18. The number of nitrogens with zero attached hydrogens (tertiary/aromatic N) is 1. The van der Waals surface area contributed by atoms with Crippen LogP contribution in [-0.4, -0.2) is 29.8 Å². The van der Waals surface area contributed by atoms with Gasteiger partial charge in [-0.2, -0.15) is 0 Å². The second-order valence-corrected chi connectivity index (χ2v) is 6.74. The summed E-state index contributed by atoms with van der Waals surface area (Å²) >= 11 is 1.58. The van der Waals surface area contributed by atoms with E-state index in [0.717, 1.165) is 15.2 Å². The number of ether oxygens (including phenoxy) is 1. The fourth-order valence-corrected chi connectivity index (χ4v) is 3.40. The van der Waals surface area contributed by atoms with Crippen molar-refractivity contribution in [3.8, 4) is 5.75 Å². The van der Waals surface area contributed by atoms with Crippen LogP contribution in [0.4, 0.5) is 10.5 Å². The number of para-hydroxylation sites is 1. The Labute approximate surface area is 149 Å². The zero-order chi connectivity index (χ0) is 17.8. The molecule has 0 aliphatic heterocycles. The number of methoxy groups -OCH3 is 1. The number of aliphatic hydroxyl groups is 1. The van der Waals surface area contributed by atoms with Gasteiger partial charge in [0.15, 0.2) is 0 Å². The largest absolute Gasteiger partial charge is 0.496 e. The first-order chi connectivity index (χ1) is 12.1. The van der Waals surface area contributed by atoms with E-state index in [1.165, 1.54) is 0 Å². The second-order valence-electron chi connectivity index (χ2n) is 5.51. The van der Waals surface area contributed by atoms with Crippen LogP contribution < -0.4 is 15.4 Å². The lowest BCUT2D eigenvalue weighted by Gasteiger charge is -2.15. The first-order valence-corrected chi connectivity index (χ1v) is 8.61. The molecule has 0 unspecified atom stereocenters. The van der Waals surface area contributed by atoms with Gasteiger partial charge in [0.2, 0.25) is 0 Å². The van der Waals surface area contributed by atoms with Crippen LogP contribution in [0.25, 0.3) is 10.2 Å². The fourth-order valence-electron chi connectivity index (χ4n) is 2.53. The van der Waals surface area contributed by atoms with Crippen molar-refractivity contribution in [2.75, 3.05) is 19.0 Å². The lowest BCUT2D eigenvalue weighted by Crippen LogP contribution is -2.32. The van der Waals surface area contributed by atoms with Crippen molar-refractivity contribution < 1.29 is 14.6 Å². The van der Waals surface area contributed by atoms with E-state index >= 15 is 0 Å². The average Bonchev–Trinajstić information content (AvgIpc) is 2.99. The highest BCUT2D eigenvalue weighted by atomic mass is 32.1. The molecule has 0 saturated carbocycles. The van der Waals surface area contributed by atoms with Crippen molar-refractivity contribution in [2.45, 2.75) is 13.0 Å². The minimum Gasteiger partial charge on any atom is -0.496 e. The van der Waals surface area contributed by atoms with E-state index in [2.05, 4.69) is 15.6 Å². The molecule has 130 valence electrons. The molecule has 1 heterocycles. The van der Waals surface area contributed by atoms with Gasteiger partial charge in [0.05, 0.1) is 28.4 Å². The molecule has 0 spiro atoms. The molecule has 0 radical (unpaired) electrons. The van der Waals surface area contributed by atoms with Gasteiger partial charge in [-0.3, -0.25) is 0 Å².